The van der Waals surface area contributed by atoms with Crippen LogP contribution >= 0.6 is 11.6 Å². The number of carbonyl (C=O) groups excluding carboxylic acids is 3. The third-order valence-electron chi connectivity index (χ3n) is 5.53. The molecule has 0 saturated carbocycles. The second kappa shape index (κ2) is 12.1. The van der Waals surface area contributed by atoms with Gasteiger partial charge in [0, 0.05) is 43.0 Å². The Balaban J connectivity index is 1.38. The van der Waals surface area contributed by atoms with Crippen LogP contribution in [0, 0.1) is 0 Å². The molecule has 1 fully saturated rings. The van der Waals surface area contributed by atoms with Crippen LogP contribution in [0.4, 0.5) is 5.69 Å². The number of methoxy groups -OCH3 is 1. The minimum absolute atomic E-state index is 0.109. The molecule has 0 spiro atoms. The van der Waals surface area contributed by atoms with Gasteiger partial charge in [0.1, 0.15) is 11.8 Å². The summed E-state index contributed by atoms with van der Waals surface area (Å²) in [5.74, 6) is -0.241. The lowest BCUT2D eigenvalue weighted by Gasteiger charge is -2.36. The molecule has 2 aromatic rings. The summed E-state index contributed by atoms with van der Waals surface area (Å²) >= 11 is 5.94. The van der Waals surface area contributed by atoms with Gasteiger partial charge >= 0.3 is 0 Å². The molecule has 1 aliphatic heterocycles. The van der Waals surface area contributed by atoms with Crippen molar-refractivity contribution < 1.29 is 19.1 Å². The maximum Gasteiger partial charge on any atom is 0.244 e. The minimum atomic E-state index is -0.775. The van der Waals surface area contributed by atoms with Crippen LogP contribution in [0.2, 0.25) is 5.02 Å². The number of hydrogen-bond acceptors (Lipinski definition) is 5. The predicted octanol–water partition coefficient (Wildman–Crippen LogP) is 2.33. The van der Waals surface area contributed by atoms with Crippen molar-refractivity contribution in [2.45, 2.75) is 13.0 Å². The van der Waals surface area contributed by atoms with E-state index in [-0.39, 0.29) is 12.5 Å². The van der Waals surface area contributed by atoms with Crippen LogP contribution in [0.25, 0.3) is 6.08 Å². The number of nitrogens with one attached hydrogen (secondary N) is 2. The number of amides is 3. The van der Waals surface area contributed by atoms with Gasteiger partial charge in [0.25, 0.3) is 0 Å². The molecule has 1 heterocycles. The summed E-state index contributed by atoms with van der Waals surface area (Å²) in [6, 6.07) is 14.1. The van der Waals surface area contributed by atoms with E-state index in [0.717, 1.165) is 17.0 Å². The Labute approximate surface area is 204 Å². The quantitative estimate of drug-likeness (QED) is 0.561. The Morgan fingerprint density at radius 3 is 2.29 bits per heavy atom. The molecule has 0 bridgehead atoms. The second-order valence-corrected chi connectivity index (χ2v) is 8.34. The minimum Gasteiger partial charge on any atom is -0.497 e. The van der Waals surface area contributed by atoms with E-state index in [1.165, 1.54) is 6.08 Å². The van der Waals surface area contributed by atoms with E-state index in [1.807, 2.05) is 36.4 Å². The number of rotatable bonds is 8. The summed E-state index contributed by atoms with van der Waals surface area (Å²) in [5.41, 5.74) is 1.89. The van der Waals surface area contributed by atoms with Crippen molar-refractivity contribution in [2.75, 3.05) is 44.7 Å². The van der Waals surface area contributed by atoms with E-state index in [2.05, 4.69) is 15.5 Å². The first-order valence-electron chi connectivity index (χ1n) is 11.0. The SMILES string of the molecule is COc1ccc(/C=C/C(=O)NC(C)C(=O)NCC(=O)N2CCN(c3ccc(Cl)cc3)CC2)cc1. The standard InChI is InChI=1S/C25H29ClN4O4/c1-18(28-23(31)12-5-19-3-10-22(34-2)11-4-19)25(33)27-17-24(32)30-15-13-29(14-16-30)21-8-6-20(26)7-9-21/h3-12,18H,13-17H2,1-2H3,(H,27,33)(H,28,31)/b12-5+. The van der Waals surface area contributed by atoms with Crippen LogP contribution in [-0.4, -0.2) is 68.5 Å². The van der Waals surface area contributed by atoms with Crippen LogP contribution in [0.3, 0.4) is 0 Å². The lowest BCUT2D eigenvalue weighted by molar-refractivity contribution is -0.133. The predicted molar refractivity (Wildman–Crippen MR) is 133 cm³/mol. The van der Waals surface area contributed by atoms with E-state index in [4.69, 9.17) is 16.3 Å². The number of piperazine rings is 1. The lowest BCUT2D eigenvalue weighted by Crippen LogP contribution is -2.52. The molecule has 3 rings (SSSR count). The van der Waals surface area contributed by atoms with Gasteiger partial charge in [0.05, 0.1) is 13.7 Å². The maximum absolute atomic E-state index is 12.5. The van der Waals surface area contributed by atoms with Crippen LogP contribution in [0.1, 0.15) is 12.5 Å². The monoisotopic (exact) mass is 484 g/mol. The Morgan fingerprint density at radius 1 is 1.03 bits per heavy atom. The molecular formula is C25H29ClN4O4. The molecular weight excluding hydrogens is 456 g/mol. The summed E-state index contributed by atoms with van der Waals surface area (Å²) in [5, 5.41) is 5.90. The zero-order chi connectivity index (χ0) is 24.5. The van der Waals surface area contributed by atoms with Crippen molar-refractivity contribution >= 4 is 41.1 Å². The van der Waals surface area contributed by atoms with Crippen LogP contribution in [0.5, 0.6) is 5.75 Å². The Kier molecular flexibility index (Phi) is 8.93. The fourth-order valence-electron chi connectivity index (χ4n) is 3.51. The van der Waals surface area contributed by atoms with Gasteiger partial charge in [-0.25, -0.2) is 0 Å². The lowest BCUT2D eigenvalue weighted by atomic mass is 10.2. The van der Waals surface area contributed by atoms with Gasteiger partial charge in [-0.15, -0.1) is 0 Å². The summed E-state index contributed by atoms with van der Waals surface area (Å²) in [6.45, 7) is 4.01. The number of anilines is 1. The highest BCUT2D eigenvalue weighted by molar-refractivity contribution is 6.30. The zero-order valence-corrected chi connectivity index (χ0v) is 20.0. The third-order valence-corrected chi connectivity index (χ3v) is 5.78. The fourth-order valence-corrected chi connectivity index (χ4v) is 3.63. The molecule has 0 radical (unpaired) electrons. The van der Waals surface area contributed by atoms with Gasteiger partial charge < -0.3 is 25.2 Å². The molecule has 3 amide bonds. The van der Waals surface area contributed by atoms with Crippen molar-refractivity contribution in [3.05, 3.63) is 65.2 Å². The average Bonchev–Trinajstić information content (AvgIpc) is 2.86. The van der Waals surface area contributed by atoms with E-state index in [1.54, 1.807) is 37.1 Å². The average molecular weight is 485 g/mol. The van der Waals surface area contributed by atoms with Gasteiger partial charge in [-0.2, -0.15) is 0 Å². The van der Waals surface area contributed by atoms with Crippen LogP contribution < -0.4 is 20.3 Å². The molecule has 1 aliphatic rings. The van der Waals surface area contributed by atoms with Crippen molar-refractivity contribution in [3.63, 3.8) is 0 Å². The second-order valence-electron chi connectivity index (χ2n) is 7.90. The van der Waals surface area contributed by atoms with Gasteiger partial charge in [-0.3, -0.25) is 14.4 Å². The zero-order valence-electron chi connectivity index (χ0n) is 19.3. The Morgan fingerprint density at radius 2 is 1.68 bits per heavy atom. The molecule has 2 N–H and O–H groups in total. The Hall–Kier alpha value is -3.52. The number of benzene rings is 2. The Bertz CT molecular complexity index is 1020. The summed E-state index contributed by atoms with van der Waals surface area (Å²) < 4.78 is 5.10. The number of hydrogen-bond donors (Lipinski definition) is 2. The third kappa shape index (κ3) is 7.25. The molecule has 2 aromatic carbocycles. The topological polar surface area (TPSA) is 91.0 Å². The van der Waals surface area contributed by atoms with E-state index >= 15 is 0 Å². The van der Waals surface area contributed by atoms with Gasteiger partial charge in [0.15, 0.2) is 0 Å². The number of nitrogens with zero attached hydrogens (tertiary/aromatic N) is 2. The molecule has 1 atom stereocenters. The summed E-state index contributed by atoms with van der Waals surface area (Å²) in [7, 11) is 1.58. The first-order chi connectivity index (χ1) is 16.4. The number of halogens is 1. The highest BCUT2D eigenvalue weighted by Crippen LogP contribution is 2.19. The van der Waals surface area contributed by atoms with Crippen LogP contribution in [-0.2, 0) is 14.4 Å². The molecule has 0 aromatic heterocycles. The molecule has 180 valence electrons. The largest absolute Gasteiger partial charge is 0.497 e. The van der Waals surface area contributed by atoms with Gasteiger partial charge in [-0.05, 0) is 55.0 Å². The molecule has 34 heavy (non-hydrogen) atoms. The summed E-state index contributed by atoms with van der Waals surface area (Å²) in [4.78, 5) is 40.9. The number of ether oxygens (including phenoxy) is 1. The maximum atomic E-state index is 12.5. The van der Waals surface area contributed by atoms with E-state index in [9.17, 15) is 14.4 Å². The van der Waals surface area contributed by atoms with E-state index < -0.39 is 17.9 Å². The van der Waals surface area contributed by atoms with Crippen molar-refractivity contribution in [1.29, 1.82) is 0 Å². The first-order valence-corrected chi connectivity index (χ1v) is 11.4. The molecule has 1 saturated heterocycles. The molecule has 9 heteroatoms. The molecule has 8 nitrogen and oxygen atoms in total. The fraction of sp³-hybridized carbons (Fsp3) is 0.320. The highest BCUT2D eigenvalue weighted by Gasteiger charge is 2.22. The summed E-state index contributed by atoms with van der Waals surface area (Å²) in [6.07, 6.45) is 3.00. The number of carbonyl (C=O) groups is 3. The van der Waals surface area contributed by atoms with Crippen molar-refractivity contribution in [1.82, 2.24) is 15.5 Å². The normalized spacial score (nSPS) is 14.6. The van der Waals surface area contributed by atoms with Crippen molar-refractivity contribution in [3.8, 4) is 5.75 Å². The molecule has 0 aliphatic carbocycles. The van der Waals surface area contributed by atoms with E-state index in [0.29, 0.717) is 31.2 Å². The van der Waals surface area contributed by atoms with Gasteiger partial charge in [-0.1, -0.05) is 23.7 Å². The first kappa shape index (κ1) is 25.1. The molecule has 1 unspecified atom stereocenters. The smallest absolute Gasteiger partial charge is 0.244 e. The van der Waals surface area contributed by atoms with Gasteiger partial charge in [0.2, 0.25) is 17.7 Å². The van der Waals surface area contributed by atoms with Crippen molar-refractivity contribution in [2.24, 2.45) is 0 Å². The van der Waals surface area contributed by atoms with Crippen LogP contribution in [0.15, 0.2) is 54.6 Å². The highest BCUT2D eigenvalue weighted by atomic mass is 35.5.